The molecule has 33 heavy (non-hydrogen) atoms. The lowest BCUT2D eigenvalue weighted by molar-refractivity contribution is 0.0954. The number of halogens is 1. The average Bonchev–Trinajstić information content (AvgIpc) is 3.01. The van der Waals surface area contributed by atoms with Gasteiger partial charge in [0.15, 0.2) is 0 Å². The molecule has 0 unspecified atom stereocenters. The van der Waals surface area contributed by atoms with Crippen LogP contribution in [0.4, 0.5) is 5.69 Å². The van der Waals surface area contributed by atoms with E-state index in [1.165, 1.54) is 0 Å². The van der Waals surface area contributed by atoms with Gasteiger partial charge in [0.1, 0.15) is 0 Å². The van der Waals surface area contributed by atoms with Crippen molar-refractivity contribution in [3.05, 3.63) is 119 Å². The van der Waals surface area contributed by atoms with Crippen LogP contribution >= 0.6 is 23.4 Å². The summed E-state index contributed by atoms with van der Waals surface area (Å²) in [5.41, 5.74) is 5.27. The van der Waals surface area contributed by atoms with E-state index in [1.807, 2.05) is 72.9 Å². The molecule has 1 aliphatic heterocycles. The molecule has 0 spiro atoms. The van der Waals surface area contributed by atoms with Gasteiger partial charge in [-0.05, 0) is 54.4 Å². The Morgan fingerprint density at radius 1 is 0.939 bits per heavy atom. The summed E-state index contributed by atoms with van der Waals surface area (Å²) in [7, 11) is 0. The normalized spacial score (nSPS) is 12.2. The first-order valence-electron chi connectivity index (χ1n) is 10.6. The van der Waals surface area contributed by atoms with E-state index in [0.717, 1.165) is 44.3 Å². The largest absolute Gasteiger partial charge is 0.352 e. The van der Waals surface area contributed by atoms with E-state index in [-0.39, 0.29) is 5.91 Å². The molecule has 1 aliphatic rings. The third kappa shape index (κ3) is 4.85. The highest BCUT2D eigenvalue weighted by molar-refractivity contribution is 7.99. The Morgan fingerprint density at radius 2 is 1.85 bits per heavy atom. The van der Waals surface area contributed by atoms with Crippen LogP contribution < -0.4 is 5.32 Å². The molecular weight excluding hydrogens is 450 g/mol. The van der Waals surface area contributed by atoms with E-state index in [9.17, 15) is 4.79 Å². The highest BCUT2D eigenvalue weighted by Gasteiger charge is 2.20. The number of aromatic nitrogens is 1. The Labute approximate surface area is 201 Å². The molecule has 6 heteroatoms. The van der Waals surface area contributed by atoms with Crippen molar-refractivity contribution in [1.29, 1.82) is 0 Å². The summed E-state index contributed by atoms with van der Waals surface area (Å²) in [6.45, 7) is 0.541. The SMILES string of the molecule is O=C(NCCc1cccnc1)c1ccc2c(c1)N=C(c1cccc(Cl)c1)c1ccccc1S2. The van der Waals surface area contributed by atoms with Crippen LogP contribution in [0.15, 0.2) is 106 Å². The molecule has 1 amide bonds. The zero-order chi connectivity index (χ0) is 22.6. The van der Waals surface area contributed by atoms with Crippen LogP contribution in [-0.4, -0.2) is 23.1 Å². The van der Waals surface area contributed by atoms with Crippen LogP contribution in [0.1, 0.15) is 27.0 Å². The van der Waals surface area contributed by atoms with Crippen LogP contribution in [-0.2, 0) is 6.42 Å². The molecule has 4 aromatic rings. The molecule has 1 N–H and O–H groups in total. The number of nitrogens with one attached hydrogen (secondary N) is 1. The number of benzene rings is 3. The highest BCUT2D eigenvalue weighted by Crippen LogP contribution is 2.41. The van der Waals surface area contributed by atoms with Gasteiger partial charge >= 0.3 is 0 Å². The maximum Gasteiger partial charge on any atom is 0.251 e. The minimum atomic E-state index is -0.118. The van der Waals surface area contributed by atoms with Gasteiger partial charge in [0, 0.05) is 50.4 Å². The molecule has 5 rings (SSSR count). The minimum Gasteiger partial charge on any atom is -0.352 e. The van der Waals surface area contributed by atoms with Crippen molar-refractivity contribution in [2.24, 2.45) is 4.99 Å². The number of rotatable bonds is 5. The summed E-state index contributed by atoms with van der Waals surface area (Å²) in [5.74, 6) is -0.118. The van der Waals surface area contributed by atoms with E-state index in [4.69, 9.17) is 16.6 Å². The predicted molar refractivity (Wildman–Crippen MR) is 134 cm³/mol. The van der Waals surface area contributed by atoms with E-state index < -0.39 is 0 Å². The molecule has 4 nitrogen and oxygen atoms in total. The second-order valence-electron chi connectivity index (χ2n) is 7.62. The first kappa shape index (κ1) is 21.4. The molecular formula is C27H20ClN3OS. The predicted octanol–water partition coefficient (Wildman–Crippen LogP) is 6.34. The fraction of sp³-hybridized carbons (Fsp3) is 0.0741. The van der Waals surface area contributed by atoms with Crippen molar-refractivity contribution in [3.8, 4) is 0 Å². The van der Waals surface area contributed by atoms with Crippen molar-refractivity contribution in [2.75, 3.05) is 6.54 Å². The smallest absolute Gasteiger partial charge is 0.251 e. The molecule has 0 aliphatic carbocycles. The number of fused-ring (bicyclic) bond motifs is 2. The van der Waals surface area contributed by atoms with Gasteiger partial charge in [0.05, 0.1) is 11.4 Å². The Hall–Kier alpha value is -3.41. The molecule has 0 saturated heterocycles. The number of hydrogen-bond donors (Lipinski definition) is 1. The van der Waals surface area contributed by atoms with Crippen LogP contribution in [0, 0.1) is 0 Å². The van der Waals surface area contributed by atoms with Crippen molar-refractivity contribution >= 4 is 40.7 Å². The van der Waals surface area contributed by atoms with Gasteiger partial charge in [-0.15, -0.1) is 0 Å². The molecule has 0 atom stereocenters. The lowest BCUT2D eigenvalue weighted by Crippen LogP contribution is -2.25. The fourth-order valence-electron chi connectivity index (χ4n) is 3.71. The number of aliphatic imine (C=N–C) groups is 1. The van der Waals surface area contributed by atoms with Gasteiger partial charge in [0.25, 0.3) is 5.91 Å². The monoisotopic (exact) mass is 469 g/mol. The van der Waals surface area contributed by atoms with E-state index in [0.29, 0.717) is 17.1 Å². The first-order chi connectivity index (χ1) is 16.2. The first-order valence-corrected chi connectivity index (χ1v) is 11.8. The number of nitrogens with zero attached hydrogens (tertiary/aromatic N) is 2. The van der Waals surface area contributed by atoms with E-state index in [1.54, 1.807) is 18.0 Å². The van der Waals surface area contributed by atoms with Crippen LogP contribution in [0.5, 0.6) is 0 Å². The second kappa shape index (κ2) is 9.61. The molecule has 0 saturated carbocycles. The summed E-state index contributed by atoms with van der Waals surface area (Å²) in [5, 5.41) is 3.66. The van der Waals surface area contributed by atoms with Gasteiger partial charge in [-0.3, -0.25) is 9.78 Å². The molecule has 162 valence electrons. The number of carbonyl (C=O) groups is 1. The standard InChI is InChI=1S/C27H20ClN3OS/c28-21-7-3-6-19(15-21)26-22-8-1-2-9-24(22)33-25-11-10-20(16-23(25)31-26)27(32)30-14-12-18-5-4-13-29-17-18/h1-11,13,15-17H,12,14H2,(H,30,32). The maximum absolute atomic E-state index is 12.8. The molecule has 2 heterocycles. The molecule has 3 aromatic carbocycles. The lowest BCUT2D eigenvalue weighted by atomic mass is 10.0. The average molecular weight is 470 g/mol. The van der Waals surface area contributed by atoms with Crippen LogP contribution in [0.2, 0.25) is 5.02 Å². The highest BCUT2D eigenvalue weighted by atomic mass is 35.5. The summed E-state index contributed by atoms with van der Waals surface area (Å²) >= 11 is 7.93. The number of hydrogen-bond acceptors (Lipinski definition) is 4. The summed E-state index contributed by atoms with van der Waals surface area (Å²) in [6, 6.07) is 25.5. The minimum absolute atomic E-state index is 0.118. The molecule has 0 bridgehead atoms. The maximum atomic E-state index is 12.8. The molecule has 0 radical (unpaired) electrons. The van der Waals surface area contributed by atoms with Crippen molar-refractivity contribution < 1.29 is 4.79 Å². The van der Waals surface area contributed by atoms with Gasteiger partial charge < -0.3 is 5.32 Å². The topological polar surface area (TPSA) is 54.4 Å². The summed E-state index contributed by atoms with van der Waals surface area (Å²) in [4.78, 5) is 24.1. The third-order valence-electron chi connectivity index (χ3n) is 5.34. The van der Waals surface area contributed by atoms with Crippen LogP contribution in [0.25, 0.3) is 0 Å². The summed E-state index contributed by atoms with van der Waals surface area (Å²) in [6.07, 6.45) is 4.29. The molecule has 1 aromatic heterocycles. The van der Waals surface area contributed by atoms with Crippen molar-refractivity contribution in [2.45, 2.75) is 16.2 Å². The van der Waals surface area contributed by atoms with Crippen molar-refractivity contribution in [1.82, 2.24) is 10.3 Å². The van der Waals surface area contributed by atoms with Gasteiger partial charge in [0.2, 0.25) is 0 Å². The zero-order valence-electron chi connectivity index (χ0n) is 17.7. The van der Waals surface area contributed by atoms with Crippen LogP contribution in [0.3, 0.4) is 0 Å². The van der Waals surface area contributed by atoms with Gasteiger partial charge in [-0.2, -0.15) is 0 Å². The number of pyridine rings is 1. The Bertz CT molecular complexity index is 1350. The number of carbonyl (C=O) groups excluding carboxylic acids is 1. The number of amides is 1. The van der Waals surface area contributed by atoms with Crippen molar-refractivity contribution in [3.63, 3.8) is 0 Å². The lowest BCUT2D eigenvalue weighted by Gasteiger charge is -2.09. The van der Waals surface area contributed by atoms with Gasteiger partial charge in [-0.25, -0.2) is 4.99 Å². The molecule has 0 fully saturated rings. The Morgan fingerprint density at radius 3 is 2.70 bits per heavy atom. The fourth-order valence-corrected chi connectivity index (χ4v) is 4.90. The summed E-state index contributed by atoms with van der Waals surface area (Å²) < 4.78 is 0. The second-order valence-corrected chi connectivity index (χ2v) is 9.14. The van der Waals surface area contributed by atoms with E-state index >= 15 is 0 Å². The van der Waals surface area contributed by atoms with E-state index in [2.05, 4.69) is 22.4 Å². The Balaban J connectivity index is 1.46. The third-order valence-corrected chi connectivity index (χ3v) is 6.71. The zero-order valence-corrected chi connectivity index (χ0v) is 19.2. The quantitative estimate of drug-likeness (QED) is 0.326. The Kier molecular flexibility index (Phi) is 6.24. The van der Waals surface area contributed by atoms with Gasteiger partial charge in [-0.1, -0.05) is 59.8 Å².